The van der Waals surface area contributed by atoms with Gasteiger partial charge in [0.15, 0.2) is 0 Å². The van der Waals surface area contributed by atoms with Gasteiger partial charge in [-0.25, -0.2) is 17.8 Å². The second-order valence-electron chi connectivity index (χ2n) is 6.20. The van der Waals surface area contributed by atoms with Crippen molar-refractivity contribution < 1.29 is 17.5 Å². The van der Waals surface area contributed by atoms with Crippen LogP contribution in [0.2, 0.25) is 0 Å². The molecule has 1 N–H and O–H groups in total. The number of ether oxygens (including phenoxy) is 1. The topological polar surface area (TPSA) is 84.9 Å². The van der Waals surface area contributed by atoms with Crippen molar-refractivity contribution in [3.8, 4) is 5.75 Å². The highest BCUT2D eigenvalue weighted by atomic mass is 32.2. The summed E-state index contributed by atoms with van der Waals surface area (Å²) in [6.45, 7) is 0.644. The Morgan fingerprint density at radius 2 is 2.08 bits per heavy atom. The smallest absolute Gasteiger partial charge is 0.226 e. The van der Waals surface area contributed by atoms with Gasteiger partial charge in [0.1, 0.15) is 17.3 Å². The summed E-state index contributed by atoms with van der Waals surface area (Å²) in [5.74, 6) is 0.452. The van der Waals surface area contributed by atoms with Gasteiger partial charge in [-0.2, -0.15) is 0 Å². The zero-order valence-electron chi connectivity index (χ0n) is 13.3. The van der Waals surface area contributed by atoms with Gasteiger partial charge in [-0.05, 0) is 43.0 Å². The standard InChI is InChI=1S/C17H16FN3O3S/c18-12-3-4-15-16(7-12)21-17(20-15)25(22,23)10-13-8-14(5-6-19-13)24-9-11-1-2-11/h3-8,11H,1-2,9-10H2,(H,20,21). The Morgan fingerprint density at radius 1 is 1.24 bits per heavy atom. The van der Waals surface area contributed by atoms with Crippen LogP contribution in [0.1, 0.15) is 18.5 Å². The number of nitrogens with one attached hydrogen (secondary N) is 1. The van der Waals surface area contributed by atoms with Crippen LogP contribution >= 0.6 is 0 Å². The highest BCUT2D eigenvalue weighted by Crippen LogP contribution is 2.29. The van der Waals surface area contributed by atoms with Gasteiger partial charge in [-0.15, -0.1) is 0 Å². The number of aromatic amines is 1. The number of pyridine rings is 1. The number of rotatable bonds is 6. The van der Waals surface area contributed by atoms with E-state index in [2.05, 4.69) is 15.0 Å². The molecule has 1 fully saturated rings. The zero-order chi connectivity index (χ0) is 17.4. The number of imidazole rings is 1. The third-order valence-electron chi connectivity index (χ3n) is 4.03. The van der Waals surface area contributed by atoms with E-state index in [4.69, 9.17) is 4.74 Å². The molecule has 1 aliphatic rings. The molecule has 4 rings (SSSR count). The molecule has 8 heteroatoms. The SMILES string of the molecule is O=S(=O)(Cc1cc(OCC2CC2)ccn1)c1nc2ccc(F)cc2[nH]1. The number of sulfone groups is 1. The zero-order valence-corrected chi connectivity index (χ0v) is 14.1. The fourth-order valence-corrected chi connectivity index (χ4v) is 3.68. The minimum absolute atomic E-state index is 0.195. The molecule has 0 unspecified atom stereocenters. The number of hydrogen-bond acceptors (Lipinski definition) is 5. The van der Waals surface area contributed by atoms with Gasteiger partial charge in [-0.3, -0.25) is 4.98 Å². The molecule has 2 aromatic heterocycles. The fraction of sp³-hybridized carbons (Fsp3) is 0.294. The Kier molecular flexibility index (Phi) is 3.91. The predicted molar refractivity (Wildman–Crippen MR) is 89.4 cm³/mol. The lowest BCUT2D eigenvalue weighted by atomic mass is 10.3. The number of aromatic nitrogens is 3. The van der Waals surface area contributed by atoms with E-state index in [9.17, 15) is 12.8 Å². The first-order chi connectivity index (χ1) is 12.0. The first-order valence-corrected chi connectivity index (χ1v) is 9.60. The molecule has 0 radical (unpaired) electrons. The average Bonchev–Trinajstić information content (AvgIpc) is 3.30. The maximum Gasteiger partial charge on any atom is 0.226 e. The van der Waals surface area contributed by atoms with E-state index in [1.54, 1.807) is 12.1 Å². The number of benzene rings is 1. The lowest BCUT2D eigenvalue weighted by Crippen LogP contribution is -2.08. The molecule has 6 nitrogen and oxygen atoms in total. The first-order valence-electron chi connectivity index (χ1n) is 7.95. The number of nitrogens with zero attached hydrogens (tertiary/aromatic N) is 2. The van der Waals surface area contributed by atoms with Gasteiger partial charge >= 0.3 is 0 Å². The maximum absolute atomic E-state index is 13.2. The Hall–Kier alpha value is -2.48. The molecule has 25 heavy (non-hydrogen) atoms. The van der Waals surface area contributed by atoms with Crippen LogP contribution in [0.4, 0.5) is 4.39 Å². The van der Waals surface area contributed by atoms with Crippen LogP contribution in [0.15, 0.2) is 41.7 Å². The molecule has 3 aromatic rings. The third kappa shape index (κ3) is 3.63. The molecule has 0 aliphatic heterocycles. The summed E-state index contributed by atoms with van der Waals surface area (Å²) >= 11 is 0. The molecule has 0 atom stereocenters. The molecule has 0 saturated heterocycles. The Balaban J connectivity index is 1.56. The van der Waals surface area contributed by atoms with Gasteiger partial charge in [0.25, 0.3) is 0 Å². The van der Waals surface area contributed by atoms with Gasteiger partial charge in [0, 0.05) is 12.3 Å². The van der Waals surface area contributed by atoms with Crippen molar-refractivity contribution in [2.45, 2.75) is 23.8 Å². The van der Waals surface area contributed by atoms with Crippen molar-refractivity contribution in [1.82, 2.24) is 15.0 Å². The maximum atomic E-state index is 13.2. The van der Waals surface area contributed by atoms with Crippen molar-refractivity contribution in [3.63, 3.8) is 0 Å². The van der Waals surface area contributed by atoms with Crippen LogP contribution in [0.25, 0.3) is 11.0 Å². The third-order valence-corrected chi connectivity index (χ3v) is 5.48. The molecular weight excluding hydrogens is 345 g/mol. The highest BCUT2D eigenvalue weighted by molar-refractivity contribution is 7.90. The Bertz CT molecular complexity index is 1030. The Morgan fingerprint density at radius 3 is 2.88 bits per heavy atom. The number of fused-ring (bicyclic) bond motifs is 1. The van der Waals surface area contributed by atoms with E-state index < -0.39 is 15.7 Å². The molecule has 0 bridgehead atoms. The summed E-state index contributed by atoms with van der Waals surface area (Å²) in [7, 11) is -3.73. The van der Waals surface area contributed by atoms with Crippen LogP contribution in [-0.4, -0.2) is 30.0 Å². The quantitative estimate of drug-likeness (QED) is 0.730. The van der Waals surface area contributed by atoms with Crippen molar-refractivity contribution in [2.75, 3.05) is 6.61 Å². The van der Waals surface area contributed by atoms with E-state index >= 15 is 0 Å². The summed E-state index contributed by atoms with van der Waals surface area (Å²) in [5, 5.41) is -0.195. The number of hydrogen-bond donors (Lipinski definition) is 1. The fourth-order valence-electron chi connectivity index (χ4n) is 2.49. The molecule has 1 aliphatic carbocycles. The second-order valence-corrected chi connectivity index (χ2v) is 8.10. The molecule has 0 spiro atoms. The van der Waals surface area contributed by atoms with Gasteiger partial charge in [0.05, 0.1) is 23.3 Å². The lowest BCUT2D eigenvalue weighted by Gasteiger charge is -2.06. The van der Waals surface area contributed by atoms with Crippen LogP contribution < -0.4 is 4.74 Å². The van der Waals surface area contributed by atoms with E-state index in [0.29, 0.717) is 35.0 Å². The van der Waals surface area contributed by atoms with E-state index in [1.807, 2.05) is 0 Å². The molecule has 0 amide bonds. The number of halogens is 1. The number of H-pyrrole nitrogens is 1. The normalized spacial score (nSPS) is 14.8. The van der Waals surface area contributed by atoms with E-state index in [1.165, 1.54) is 37.2 Å². The minimum Gasteiger partial charge on any atom is -0.493 e. The van der Waals surface area contributed by atoms with Crippen LogP contribution in [0.3, 0.4) is 0 Å². The summed E-state index contributed by atoms with van der Waals surface area (Å²) in [6, 6.07) is 7.23. The van der Waals surface area contributed by atoms with Crippen molar-refractivity contribution in [2.24, 2.45) is 5.92 Å². The lowest BCUT2D eigenvalue weighted by molar-refractivity contribution is 0.299. The summed E-state index contributed by atoms with van der Waals surface area (Å²) in [5.41, 5.74) is 1.11. The van der Waals surface area contributed by atoms with Gasteiger partial charge < -0.3 is 9.72 Å². The summed E-state index contributed by atoms with van der Waals surface area (Å²) < 4.78 is 44.0. The van der Waals surface area contributed by atoms with Crippen molar-refractivity contribution in [3.05, 3.63) is 48.0 Å². The monoisotopic (exact) mass is 361 g/mol. The van der Waals surface area contributed by atoms with Crippen LogP contribution in [0.5, 0.6) is 5.75 Å². The van der Waals surface area contributed by atoms with Gasteiger partial charge in [0.2, 0.25) is 15.0 Å². The largest absolute Gasteiger partial charge is 0.493 e. The summed E-state index contributed by atoms with van der Waals surface area (Å²) in [4.78, 5) is 10.8. The molecule has 1 saturated carbocycles. The Labute approximate surface area is 144 Å². The van der Waals surface area contributed by atoms with Gasteiger partial charge in [-0.1, -0.05) is 0 Å². The van der Waals surface area contributed by atoms with Crippen LogP contribution in [0, 0.1) is 11.7 Å². The highest BCUT2D eigenvalue weighted by Gasteiger charge is 2.23. The minimum atomic E-state index is -3.73. The van der Waals surface area contributed by atoms with Crippen LogP contribution in [-0.2, 0) is 15.6 Å². The molecule has 130 valence electrons. The van der Waals surface area contributed by atoms with E-state index in [0.717, 1.165) is 0 Å². The second kappa shape index (κ2) is 6.11. The molecule has 1 aromatic carbocycles. The molecular formula is C17H16FN3O3S. The average molecular weight is 361 g/mol. The van der Waals surface area contributed by atoms with Crippen molar-refractivity contribution >= 4 is 20.9 Å². The predicted octanol–water partition coefficient (Wildman–Crippen LogP) is 2.86. The van der Waals surface area contributed by atoms with Crippen molar-refractivity contribution in [1.29, 1.82) is 0 Å². The molecule has 2 heterocycles. The first kappa shape index (κ1) is 16.0. The van der Waals surface area contributed by atoms with E-state index in [-0.39, 0.29) is 10.9 Å². The summed E-state index contributed by atoms with van der Waals surface area (Å²) in [6.07, 6.45) is 3.89.